The topological polar surface area (TPSA) is 90.6 Å². The van der Waals surface area contributed by atoms with E-state index in [1.165, 1.54) is 11.3 Å². The van der Waals surface area contributed by atoms with Crippen LogP contribution in [0.25, 0.3) is 15.5 Å². The lowest BCUT2D eigenvalue weighted by Gasteiger charge is -2.09. The number of ether oxygens (including phenoxy) is 2. The Morgan fingerprint density at radius 3 is 2.32 bits per heavy atom. The van der Waals surface area contributed by atoms with Crippen LogP contribution in [0.5, 0.6) is 11.5 Å². The van der Waals surface area contributed by atoms with Crippen molar-refractivity contribution in [3.05, 3.63) is 53.9 Å². The summed E-state index contributed by atoms with van der Waals surface area (Å²) in [7, 11) is 3.09. The monoisotopic (exact) mass is 395 g/mol. The van der Waals surface area contributed by atoms with Crippen molar-refractivity contribution in [3.63, 3.8) is 0 Å². The Kier molecular flexibility index (Phi) is 4.66. The molecule has 0 aliphatic heterocycles. The number of benzene rings is 2. The zero-order valence-corrected chi connectivity index (χ0v) is 16.3. The van der Waals surface area contributed by atoms with Crippen molar-refractivity contribution in [1.82, 2.24) is 19.8 Å². The average Bonchev–Trinajstić information content (AvgIpc) is 3.30. The number of carbonyl (C=O) groups is 1. The highest BCUT2D eigenvalue weighted by atomic mass is 32.1. The van der Waals surface area contributed by atoms with Gasteiger partial charge in [-0.2, -0.15) is 9.61 Å². The second-order valence-electron chi connectivity index (χ2n) is 5.98. The summed E-state index contributed by atoms with van der Waals surface area (Å²) in [5.41, 5.74) is 2.06. The second kappa shape index (κ2) is 7.28. The van der Waals surface area contributed by atoms with Gasteiger partial charge in [-0.05, 0) is 43.3 Å². The third kappa shape index (κ3) is 3.39. The third-order valence-electron chi connectivity index (χ3n) is 4.15. The summed E-state index contributed by atoms with van der Waals surface area (Å²) in [4.78, 5) is 13.3. The maximum absolute atomic E-state index is 12.6. The molecule has 142 valence electrons. The lowest BCUT2D eigenvalue weighted by Crippen LogP contribution is -2.12. The van der Waals surface area contributed by atoms with Crippen molar-refractivity contribution in [1.29, 1.82) is 0 Å². The maximum Gasteiger partial charge on any atom is 0.255 e. The van der Waals surface area contributed by atoms with Crippen LogP contribution in [-0.2, 0) is 0 Å². The standard InChI is InChI=1S/C19H17N5O3S/c1-11-21-22-19-24(11)23-18(28-19)12-4-6-14(7-5-12)20-17(25)13-8-15(26-2)10-16(9-13)27-3/h4-10H,1-3H3,(H,20,25). The van der Waals surface area contributed by atoms with Gasteiger partial charge in [0.05, 0.1) is 14.2 Å². The maximum atomic E-state index is 12.6. The Morgan fingerprint density at radius 2 is 1.71 bits per heavy atom. The van der Waals surface area contributed by atoms with E-state index < -0.39 is 0 Å². The number of hydrogen-bond acceptors (Lipinski definition) is 7. The van der Waals surface area contributed by atoms with Gasteiger partial charge in [0, 0.05) is 22.9 Å². The van der Waals surface area contributed by atoms with Gasteiger partial charge in [-0.15, -0.1) is 10.2 Å². The molecule has 2 aromatic carbocycles. The molecule has 0 spiro atoms. The fraction of sp³-hybridized carbons (Fsp3) is 0.158. The predicted octanol–water partition coefficient (Wildman–Crippen LogP) is 3.43. The number of nitrogens with zero attached hydrogens (tertiary/aromatic N) is 4. The van der Waals surface area contributed by atoms with Crippen LogP contribution in [0.2, 0.25) is 0 Å². The van der Waals surface area contributed by atoms with Crippen LogP contribution in [0.4, 0.5) is 5.69 Å². The SMILES string of the molecule is COc1cc(OC)cc(C(=O)Nc2ccc(-c3nn4c(C)nnc4s3)cc2)c1. The molecule has 0 atom stereocenters. The lowest BCUT2D eigenvalue weighted by molar-refractivity contribution is 0.102. The molecular formula is C19H17N5O3S. The minimum absolute atomic E-state index is 0.251. The van der Waals surface area contributed by atoms with Gasteiger partial charge in [-0.3, -0.25) is 4.79 Å². The predicted molar refractivity (Wildman–Crippen MR) is 106 cm³/mol. The normalized spacial score (nSPS) is 10.8. The van der Waals surface area contributed by atoms with Crippen molar-refractivity contribution in [2.24, 2.45) is 0 Å². The highest BCUT2D eigenvalue weighted by Crippen LogP contribution is 2.27. The van der Waals surface area contributed by atoms with Gasteiger partial charge < -0.3 is 14.8 Å². The van der Waals surface area contributed by atoms with E-state index in [0.717, 1.165) is 21.4 Å². The molecular weight excluding hydrogens is 378 g/mol. The molecule has 0 fully saturated rings. The zero-order valence-electron chi connectivity index (χ0n) is 15.5. The van der Waals surface area contributed by atoms with Crippen LogP contribution in [0.3, 0.4) is 0 Å². The van der Waals surface area contributed by atoms with Crippen molar-refractivity contribution >= 4 is 27.9 Å². The van der Waals surface area contributed by atoms with Crippen LogP contribution >= 0.6 is 11.3 Å². The summed E-state index contributed by atoms with van der Waals surface area (Å²) < 4.78 is 12.1. The molecule has 4 aromatic rings. The summed E-state index contributed by atoms with van der Waals surface area (Å²) in [6.45, 7) is 1.86. The molecule has 9 heteroatoms. The number of aryl methyl sites for hydroxylation is 1. The summed E-state index contributed by atoms with van der Waals surface area (Å²) in [5.74, 6) is 1.60. The van der Waals surface area contributed by atoms with E-state index in [-0.39, 0.29) is 5.91 Å². The molecule has 2 aromatic heterocycles. The number of carbonyl (C=O) groups excluding carboxylic acids is 1. The largest absolute Gasteiger partial charge is 0.497 e. The van der Waals surface area contributed by atoms with Crippen LogP contribution in [0, 0.1) is 6.92 Å². The number of aromatic nitrogens is 4. The highest BCUT2D eigenvalue weighted by Gasteiger charge is 2.12. The number of rotatable bonds is 5. The van der Waals surface area contributed by atoms with Gasteiger partial charge in [0.15, 0.2) is 5.82 Å². The van der Waals surface area contributed by atoms with Gasteiger partial charge in [0.2, 0.25) is 4.96 Å². The van der Waals surface area contributed by atoms with Crippen molar-refractivity contribution in [3.8, 4) is 22.1 Å². The smallest absolute Gasteiger partial charge is 0.255 e. The van der Waals surface area contributed by atoms with Crippen molar-refractivity contribution in [2.75, 3.05) is 19.5 Å². The zero-order chi connectivity index (χ0) is 19.7. The lowest BCUT2D eigenvalue weighted by atomic mass is 10.1. The molecule has 0 saturated heterocycles. The minimum Gasteiger partial charge on any atom is -0.497 e. The minimum atomic E-state index is -0.251. The van der Waals surface area contributed by atoms with Crippen molar-refractivity contribution < 1.29 is 14.3 Å². The molecule has 1 N–H and O–H groups in total. The summed E-state index contributed by atoms with van der Waals surface area (Å²) in [6.07, 6.45) is 0. The number of anilines is 1. The molecule has 8 nitrogen and oxygen atoms in total. The van der Waals surface area contributed by atoms with Gasteiger partial charge >= 0.3 is 0 Å². The number of hydrogen-bond donors (Lipinski definition) is 1. The van der Waals surface area contributed by atoms with E-state index in [1.54, 1.807) is 36.9 Å². The van der Waals surface area contributed by atoms with E-state index in [0.29, 0.717) is 22.7 Å². The highest BCUT2D eigenvalue weighted by molar-refractivity contribution is 7.19. The molecule has 1 amide bonds. The molecule has 0 bridgehead atoms. The Bertz CT molecular complexity index is 1130. The van der Waals surface area contributed by atoms with Crippen LogP contribution in [0.15, 0.2) is 42.5 Å². The molecule has 0 unspecified atom stereocenters. The Morgan fingerprint density at radius 1 is 1.04 bits per heavy atom. The van der Waals surface area contributed by atoms with Gasteiger partial charge in [-0.25, -0.2) is 0 Å². The third-order valence-corrected chi connectivity index (χ3v) is 5.10. The summed E-state index contributed by atoms with van der Waals surface area (Å²) in [5, 5.41) is 16.3. The van der Waals surface area contributed by atoms with E-state index in [1.807, 2.05) is 31.2 Å². The fourth-order valence-electron chi connectivity index (χ4n) is 2.67. The van der Waals surface area contributed by atoms with Crippen LogP contribution < -0.4 is 14.8 Å². The molecule has 4 rings (SSSR count). The average molecular weight is 395 g/mol. The molecule has 0 aliphatic rings. The van der Waals surface area contributed by atoms with Crippen LogP contribution in [-0.4, -0.2) is 39.9 Å². The first-order chi connectivity index (χ1) is 13.6. The first kappa shape index (κ1) is 17.9. The van der Waals surface area contributed by atoms with Gasteiger partial charge in [0.1, 0.15) is 16.5 Å². The second-order valence-corrected chi connectivity index (χ2v) is 6.94. The first-order valence-electron chi connectivity index (χ1n) is 8.41. The fourth-order valence-corrected chi connectivity index (χ4v) is 3.56. The Balaban J connectivity index is 1.53. The molecule has 0 aliphatic carbocycles. The number of methoxy groups -OCH3 is 2. The molecule has 2 heterocycles. The molecule has 28 heavy (non-hydrogen) atoms. The number of fused-ring (bicyclic) bond motifs is 1. The van der Waals surface area contributed by atoms with Gasteiger partial charge in [-0.1, -0.05) is 11.3 Å². The number of amides is 1. The van der Waals surface area contributed by atoms with Crippen molar-refractivity contribution in [2.45, 2.75) is 6.92 Å². The number of nitrogens with one attached hydrogen (secondary N) is 1. The molecule has 0 radical (unpaired) electrons. The first-order valence-corrected chi connectivity index (χ1v) is 9.23. The van der Waals surface area contributed by atoms with Crippen LogP contribution in [0.1, 0.15) is 16.2 Å². The quantitative estimate of drug-likeness (QED) is 0.557. The van der Waals surface area contributed by atoms with Gasteiger partial charge in [0.25, 0.3) is 5.91 Å². The Hall–Kier alpha value is -3.46. The van der Waals surface area contributed by atoms with E-state index in [4.69, 9.17) is 9.47 Å². The summed E-state index contributed by atoms with van der Waals surface area (Å²) in [6, 6.07) is 12.5. The van der Waals surface area contributed by atoms with E-state index in [9.17, 15) is 4.79 Å². The molecule has 0 saturated carbocycles. The van der Waals surface area contributed by atoms with E-state index in [2.05, 4.69) is 20.6 Å². The summed E-state index contributed by atoms with van der Waals surface area (Å²) >= 11 is 1.46. The Labute approximate surface area is 164 Å². The van der Waals surface area contributed by atoms with E-state index >= 15 is 0 Å².